The Kier molecular flexibility index (Phi) is 4.23. The molecule has 1 aromatic heterocycles. The monoisotopic (exact) mass is 412 g/mol. The van der Waals surface area contributed by atoms with Crippen molar-refractivity contribution in [2.75, 3.05) is 11.1 Å². The minimum Gasteiger partial charge on any atom is -0.399 e. The molecule has 1 aromatic carbocycles. The zero-order valence-corrected chi connectivity index (χ0v) is 12.8. The first-order valence-corrected chi connectivity index (χ1v) is 7.25. The van der Waals surface area contributed by atoms with Crippen molar-refractivity contribution < 1.29 is 18.0 Å². The molecule has 0 atom stereocenters. The number of alkyl halides is 3. The number of anilines is 2. The number of nitrogen functional groups attached to an aromatic ring is 1. The Morgan fingerprint density at radius 1 is 1.30 bits per heavy atom. The van der Waals surface area contributed by atoms with Gasteiger partial charge in [0.15, 0.2) is 0 Å². The molecule has 0 saturated heterocycles. The highest BCUT2D eigenvalue weighted by molar-refractivity contribution is 14.1. The van der Waals surface area contributed by atoms with E-state index in [-0.39, 0.29) is 11.4 Å². The average molecular weight is 412 g/mol. The lowest BCUT2D eigenvalue weighted by atomic mass is 10.1. The summed E-state index contributed by atoms with van der Waals surface area (Å²) in [7, 11) is 0. The van der Waals surface area contributed by atoms with Gasteiger partial charge in [0.25, 0.3) is 5.91 Å². The lowest BCUT2D eigenvalue weighted by Gasteiger charge is -2.14. The van der Waals surface area contributed by atoms with Crippen LogP contribution in [0.4, 0.5) is 24.5 Å². The van der Waals surface area contributed by atoms with E-state index >= 15 is 0 Å². The number of hydrogen-bond acceptors (Lipinski definition) is 3. The fourth-order valence-electron chi connectivity index (χ4n) is 1.53. The number of nitrogens with two attached hydrogens (primary N) is 1. The molecule has 3 nitrogen and oxygen atoms in total. The predicted octanol–water partition coefficient (Wildman–Crippen LogP) is 4.21. The first kappa shape index (κ1) is 15.1. The topological polar surface area (TPSA) is 55.1 Å². The van der Waals surface area contributed by atoms with E-state index in [2.05, 4.69) is 5.32 Å². The smallest absolute Gasteiger partial charge is 0.399 e. The van der Waals surface area contributed by atoms with Crippen molar-refractivity contribution in [3.8, 4) is 0 Å². The summed E-state index contributed by atoms with van der Waals surface area (Å²) >= 11 is 3.37. The second-order valence-electron chi connectivity index (χ2n) is 3.90. The van der Waals surface area contributed by atoms with E-state index in [0.717, 1.165) is 15.0 Å². The molecule has 2 rings (SSSR count). The zero-order valence-electron chi connectivity index (χ0n) is 9.79. The molecule has 0 aliphatic carbocycles. The maximum atomic E-state index is 12.9. The number of amides is 1. The van der Waals surface area contributed by atoms with Gasteiger partial charge in [0.1, 0.15) is 0 Å². The summed E-state index contributed by atoms with van der Waals surface area (Å²) in [5, 5.41) is 3.85. The highest BCUT2D eigenvalue weighted by Gasteiger charge is 2.34. The van der Waals surface area contributed by atoms with E-state index < -0.39 is 17.6 Å². The molecule has 0 aliphatic rings. The Morgan fingerprint density at radius 3 is 2.55 bits per heavy atom. The number of rotatable bonds is 2. The molecule has 8 heteroatoms. The van der Waals surface area contributed by atoms with Crippen LogP contribution in [0.25, 0.3) is 0 Å². The second kappa shape index (κ2) is 5.60. The van der Waals surface area contributed by atoms with Crippen LogP contribution in [0.5, 0.6) is 0 Å². The van der Waals surface area contributed by atoms with E-state index in [1.165, 1.54) is 17.4 Å². The van der Waals surface area contributed by atoms with Gasteiger partial charge in [-0.3, -0.25) is 4.79 Å². The summed E-state index contributed by atoms with van der Waals surface area (Å²) in [6.45, 7) is 0. The first-order chi connectivity index (χ1) is 9.27. The first-order valence-electron chi connectivity index (χ1n) is 5.29. The fraction of sp³-hybridized carbons (Fsp3) is 0.0833. The Balaban J connectivity index is 2.32. The van der Waals surface area contributed by atoms with Gasteiger partial charge in [-0.15, -0.1) is 11.3 Å². The molecular formula is C12H8F3IN2OS. The second-order valence-corrected chi connectivity index (χ2v) is 6.70. The Hall–Kier alpha value is -1.29. The lowest BCUT2D eigenvalue weighted by Crippen LogP contribution is -2.16. The van der Waals surface area contributed by atoms with E-state index in [1.807, 2.05) is 22.6 Å². The summed E-state index contributed by atoms with van der Waals surface area (Å²) < 4.78 is 39.5. The van der Waals surface area contributed by atoms with Crippen molar-refractivity contribution in [2.24, 2.45) is 0 Å². The third kappa shape index (κ3) is 3.42. The lowest BCUT2D eigenvalue weighted by molar-refractivity contribution is -0.136. The van der Waals surface area contributed by atoms with Gasteiger partial charge in [0.05, 0.1) is 19.7 Å². The Labute approximate surface area is 130 Å². The van der Waals surface area contributed by atoms with Crippen molar-refractivity contribution in [1.29, 1.82) is 0 Å². The van der Waals surface area contributed by atoms with E-state index in [4.69, 9.17) is 5.73 Å². The molecule has 0 unspecified atom stereocenters. The number of nitrogens with one attached hydrogen (secondary N) is 1. The maximum Gasteiger partial charge on any atom is 0.418 e. The molecule has 0 fully saturated rings. The van der Waals surface area contributed by atoms with E-state index in [1.54, 1.807) is 11.4 Å². The van der Waals surface area contributed by atoms with Gasteiger partial charge in [0, 0.05) is 11.1 Å². The molecule has 2 aromatic rings. The van der Waals surface area contributed by atoms with Crippen LogP contribution in [0.3, 0.4) is 0 Å². The van der Waals surface area contributed by atoms with Crippen molar-refractivity contribution >= 4 is 51.2 Å². The van der Waals surface area contributed by atoms with Crippen LogP contribution >= 0.6 is 33.9 Å². The molecule has 0 saturated carbocycles. The van der Waals surface area contributed by atoms with Crippen molar-refractivity contribution in [2.45, 2.75) is 6.18 Å². The number of carbonyl (C=O) groups excluding carboxylic acids is 1. The number of thiophene rings is 1. The Morgan fingerprint density at radius 2 is 2.00 bits per heavy atom. The molecular weight excluding hydrogens is 404 g/mol. The van der Waals surface area contributed by atoms with Crippen LogP contribution in [0, 0.1) is 2.88 Å². The quantitative estimate of drug-likeness (QED) is 0.574. The number of carbonyl (C=O) groups is 1. The molecule has 20 heavy (non-hydrogen) atoms. The van der Waals surface area contributed by atoms with Gasteiger partial charge in [-0.25, -0.2) is 0 Å². The molecule has 106 valence electrons. The minimum atomic E-state index is -4.58. The summed E-state index contributed by atoms with van der Waals surface area (Å²) in [5.74, 6) is -0.584. The zero-order chi connectivity index (χ0) is 14.9. The van der Waals surface area contributed by atoms with Crippen LogP contribution in [-0.2, 0) is 6.18 Å². The van der Waals surface area contributed by atoms with Gasteiger partial charge in [-0.2, -0.15) is 13.2 Å². The highest BCUT2D eigenvalue weighted by Crippen LogP contribution is 2.36. The molecule has 0 bridgehead atoms. The molecule has 1 heterocycles. The van der Waals surface area contributed by atoms with Gasteiger partial charge >= 0.3 is 6.18 Å². The normalized spacial score (nSPS) is 11.4. The van der Waals surface area contributed by atoms with E-state index in [0.29, 0.717) is 5.56 Å². The van der Waals surface area contributed by atoms with Gasteiger partial charge in [-0.1, -0.05) is 0 Å². The van der Waals surface area contributed by atoms with Crippen LogP contribution < -0.4 is 11.1 Å². The number of hydrogen-bond donors (Lipinski definition) is 2. The highest BCUT2D eigenvalue weighted by atomic mass is 127. The van der Waals surface area contributed by atoms with Crippen molar-refractivity contribution in [1.82, 2.24) is 0 Å². The third-order valence-electron chi connectivity index (χ3n) is 2.43. The standard InChI is InChI=1S/C12H8F3IN2OS/c13-12(14,15)8-4-7(17)1-2-9(8)18-11(19)6-3-10(16)20-5-6/h1-5H,17H2,(H,18,19). The molecule has 0 aliphatic heterocycles. The molecule has 0 spiro atoms. The third-order valence-corrected chi connectivity index (χ3v) is 4.22. The number of benzene rings is 1. The van der Waals surface area contributed by atoms with E-state index in [9.17, 15) is 18.0 Å². The summed E-state index contributed by atoms with van der Waals surface area (Å²) in [6.07, 6.45) is -4.58. The van der Waals surface area contributed by atoms with Gasteiger partial charge in [0.2, 0.25) is 0 Å². The van der Waals surface area contributed by atoms with Crippen LogP contribution in [-0.4, -0.2) is 5.91 Å². The van der Waals surface area contributed by atoms with Crippen molar-refractivity contribution in [3.05, 3.63) is 43.7 Å². The van der Waals surface area contributed by atoms with Crippen LogP contribution in [0.1, 0.15) is 15.9 Å². The summed E-state index contributed by atoms with van der Waals surface area (Å²) in [6, 6.07) is 4.85. The number of halogens is 4. The van der Waals surface area contributed by atoms with Gasteiger partial charge < -0.3 is 11.1 Å². The Bertz CT molecular complexity index is 654. The summed E-state index contributed by atoms with van der Waals surface area (Å²) in [5.41, 5.74) is 4.40. The minimum absolute atomic E-state index is 0.0135. The molecule has 0 radical (unpaired) electrons. The van der Waals surface area contributed by atoms with Crippen LogP contribution in [0.15, 0.2) is 29.6 Å². The molecule has 3 N–H and O–H groups in total. The van der Waals surface area contributed by atoms with Crippen molar-refractivity contribution in [3.63, 3.8) is 0 Å². The van der Waals surface area contributed by atoms with Crippen LogP contribution in [0.2, 0.25) is 0 Å². The fourth-order valence-corrected chi connectivity index (χ4v) is 2.86. The SMILES string of the molecule is Nc1ccc(NC(=O)c2csc(I)c2)c(C(F)(F)F)c1. The maximum absolute atomic E-state index is 12.9. The largest absolute Gasteiger partial charge is 0.418 e. The average Bonchev–Trinajstić information content (AvgIpc) is 2.77. The van der Waals surface area contributed by atoms with Gasteiger partial charge in [-0.05, 0) is 46.9 Å². The molecule has 1 amide bonds. The summed E-state index contributed by atoms with van der Waals surface area (Å²) in [4.78, 5) is 11.9. The predicted molar refractivity (Wildman–Crippen MR) is 80.8 cm³/mol.